The van der Waals surface area contributed by atoms with Gasteiger partial charge in [-0.2, -0.15) is 0 Å². The molecule has 4 unspecified atom stereocenters. The van der Waals surface area contributed by atoms with E-state index in [1.54, 1.807) is 0 Å². The summed E-state index contributed by atoms with van der Waals surface area (Å²) in [4.78, 5) is 13.0. The number of Topliss-reactive ketones (excluding diaryl/α,β-unsaturated/α-hetero) is 1. The summed E-state index contributed by atoms with van der Waals surface area (Å²) < 4.78 is 0. The molecule has 1 nitrogen and oxygen atoms in total. The van der Waals surface area contributed by atoms with Gasteiger partial charge in [0.15, 0.2) is 5.78 Å². The topological polar surface area (TPSA) is 17.1 Å². The van der Waals surface area contributed by atoms with Gasteiger partial charge >= 0.3 is 0 Å². The summed E-state index contributed by atoms with van der Waals surface area (Å²) in [5, 5.41) is 2.52. The van der Waals surface area contributed by atoms with Gasteiger partial charge in [0.2, 0.25) is 0 Å². The normalized spacial score (nSPS) is 31.0. The molecule has 1 heteroatoms. The summed E-state index contributed by atoms with van der Waals surface area (Å²) in [5.41, 5.74) is 3.88. The number of benzene rings is 2. The minimum Gasteiger partial charge on any atom is -0.294 e. The second kappa shape index (κ2) is 5.30. The van der Waals surface area contributed by atoms with E-state index in [0.717, 1.165) is 30.7 Å². The van der Waals surface area contributed by atoms with Crippen LogP contribution in [0.15, 0.2) is 42.5 Å². The summed E-state index contributed by atoms with van der Waals surface area (Å²) in [6.07, 6.45) is 10.2. The van der Waals surface area contributed by atoms with Crippen LogP contribution in [-0.4, -0.2) is 5.78 Å². The van der Waals surface area contributed by atoms with E-state index in [2.05, 4.69) is 56.3 Å². The Morgan fingerprint density at radius 2 is 2.00 bits per heavy atom. The van der Waals surface area contributed by atoms with Crippen LogP contribution < -0.4 is 0 Å². The van der Waals surface area contributed by atoms with Gasteiger partial charge in [-0.3, -0.25) is 4.79 Å². The zero-order valence-corrected chi connectivity index (χ0v) is 15.2. The third kappa shape index (κ3) is 2.25. The zero-order chi connectivity index (χ0) is 17.2. The Balaban J connectivity index is 1.59. The number of carbonyl (C=O) groups excluding carboxylic acids is 1. The molecule has 0 aliphatic heterocycles. The molecule has 0 amide bonds. The quantitative estimate of drug-likeness (QED) is 0.611. The fraction of sp³-hybridized carbons (Fsp3) is 0.458. The molecule has 1 spiro atoms. The molecule has 5 rings (SSSR count). The van der Waals surface area contributed by atoms with Crippen molar-refractivity contribution in [3.8, 4) is 0 Å². The van der Waals surface area contributed by atoms with Crippen LogP contribution in [-0.2, 0) is 6.42 Å². The Kier molecular flexibility index (Phi) is 3.26. The summed E-state index contributed by atoms with van der Waals surface area (Å²) in [5.74, 6) is 2.29. The molecule has 3 aliphatic carbocycles. The van der Waals surface area contributed by atoms with Crippen LogP contribution in [0.5, 0.6) is 0 Å². The fourth-order valence-corrected chi connectivity index (χ4v) is 5.63. The van der Waals surface area contributed by atoms with E-state index in [4.69, 9.17) is 0 Å². The highest BCUT2D eigenvalue weighted by Crippen LogP contribution is 2.57. The van der Waals surface area contributed by atoms with Gasteiger partial charge in [0.1, 0.15) is 0 Å². The number of hydrogen-bond acceptors (Lipinski definition) is 1. The maximum absolute atomic E-state index is 13.0. The third-order valence-corrected chi connectivity index (χ3v) is 7.25. The van der Waals surface area contributed by atoms with Gasteiger partial charge in [0.05, 0.1) is 0 Å². The van der Waals surface area contributed by atoms with Crippen molar-refractivity contribution in [1.29, 1.82) is 0 Å². The van der Waals surface area contributed by atoms with Crippen LogP contribution >= 0.6 is 0 Å². The SMILES string of the molecule is CCC(C)c1ccc2cc3c(cc2c1)C(=O)CC1(C3)CC2C=CC1C2. The molecule has 2 bridgehead atoms. The van der Waals surface area contributed by atoms with E-state index in [0.29, 0.717) is 17.6 Å². The highest BCUT2D eigenvalue weighted by atomic mass is 16.1. The zero-order valence-electron chi connectivity index (χ0n) is 15.2. The molecule has 0 heterocycles. The van der Waals surface area contributed by atoms with Gasteiger partial charge < -0.3 is 0 Å². The molecule has 4 atom stereocenters. The smallest absolute Gasteiger partial charge is 0.163 e. The lowest BCUT2D eigenvalue weighted by Gasteiger charge is -2.39. The van der Waals surface area contributed by atoms with Crippen LogP contribution in [0.1, 0.15) is 66.9 Å². The lowest BCUT2D eigenvalue weighted by atomic mass is 9.64. The molecule has 2 aromatic rings. The molecule has 0 radical (unpaired) electrons. The van der Waals surface area contributed by atoms with E-state index in [1.165, 1.54) is 34.7 Å². The average molecular weight is 330 g/mol. The van der Waals surface area contributed by atoms with Crippen LogP contribution in [0.2, 0.25) is 0 Å². The van der Waals surface area contributed by atoms with Gasteiger partial charge in [-0.15, -0.1) is 0 Å². The number of carbonyl (C=O) groups is 1. The van der Waals surface area contributed by atoms with Crippen molar-refractivity contribution in [2.24, 2.45) is 17.3 Å². The Morgan fingerprint density at radius 3 is 2.72 bits per heavy atom. The molecule has 1 fully saturated rings. The van der Waals surface area contributed by atoms with Crippen LogP contribution in [0.4, 0.5) is 0 Å². The van der Waals surface area contributed by atoms with E-state index in [9.17, 15) is 4.79 Å². The van der Waals surface area contributed by atoms with Gasteiger partial charge in [0, 0.05) is 12.0 Å². The first-order valence-corrected chi connectivity index (χ1v) is 9.86. The lowest BCUT2D eigenvalue weighted by molar-refractivity contribution is 0.0848. The Bertz CT molecular complexity index is 906. The van der Waals surface area contributed by atoms with Crippen molar-refractivity contribution in [3.05, 3.63) is 59.2 Å². The monoisotopic (exact) mass is 330 g/mol. The maximum atomic E-state index is 13.0. The maximum Gasteiger partial charge on any atom is 0.163 e. The van der Waals surface area contributed by atoms with E-state index in [1.807, 2.05) is 0 Å². The first-order chi connectivity index (χ1) is 12.1. The number of allylic oxidation sites excluding steroid dienone is 2. The summed E-state index contributed by atoms with van der Waals surface area (Å²) in [7, 11) is 0. The van der Waals surface area contributed by atoms with Crippen molar-refractivity contribution in [2.75, 3.05) is 0 Å². The second-order valence-electron chi connectivity index (χ2n) is 8.76. The second-order valence-corrected chi connectivity index (χ2v) is 8.76. The highest BCUT2D eigenvalue weighted by molar-refractivity contribution is 6.03. The molecule has 0 aromatic heterocycles. The molecule has 2 aromatic carbocycles. The number of hydrogen-bond donors (Lipinski definition) is 0. The van der Waals surface area contributed by atoms with Crippen molar-refractivity contribution in [1.82, 2.24) is 0 Å². The summed E-state index contributed by atoms with van der Waals surface area (Å²) in [6.45, 7) is 4.51. The Morgan fingerprint density at radius 1 is 1.12 bits per heavy atom. The van der Waals surface area contributed by atoms with Crippen molar-refractivity contribution in [2.45, 2.75) is 51.9 Å². The standard InChI is InChI=1S/C24H26O/c1-3-15(2)17-5-6-18-10-20-13-24(12-16-4-7-21(24)8-16)14-23(25)22(20)11-19(18)9-17/h4-7,9-11,15-16,21H,3,8,12-14H2,1-2H3. The molecule has 0 saturated heterocycles. The first-order valence-electron chi connectivity index (χ1n) is 9.86. The lowest BCUT2D eigenvalue weighted by Crippen LogP contribution is -2.35. The molecular formula is C24H26O. The van der Waals surface area contributed by atoms with Crippen molar-refractivity contribution in [3.63, 3.8) is 0 Å². The highest BCUT2D eigenvalue weighted by Gasteiger charge is 2.51. The van der Waals surface area contributed by atoms with Crippen LogP contribution in [0.3, 0.4) is 0 Å². The van der Waals surface area contributed by atoms with Crippen molar-refractivity contribution < 1.29 is 4.79 Å². The molecular weight excluding hydrogens is 304 g/mol. The molecule has 3 aliphatic rings. The summed E-state index contributed by atoms with van der Waals surface area (Å²) in [6, 6.07) is 11.3. The van der Waals surface area contributed by atoms with E-state index >= 15 is 0 Å². The molecule has 25 heavy (non-hydrogen) atoms. The van der Waals surface area contributed by atoms with Gasteiger partial charge in [-0.25, -0.2) is 0 Å². The van der Waals surface area contributed by atoms with E-state index < -0.39 is 0 Å². The Labute approximate surface area is 150 Å². The average Bonchev–Trinajstić information content (AvgIpc) is 3.20. The van der Waals surface area contributed by atoms with Crippen LogP contribution in [0, 0.1) is 17.3 Å². The molecule has 0 N–H and O–H groups in total. The largest absolute Gasteiger partial charge is 0.294 e. The predicted octanol–water partition coefficient (Wildman–Crippen LogP) is 6.06. The van der Waals surface area contributed by atoms with Gasteiger partial charge in [-0.1, -0.05) is 50.3 Å². The minimum absolute atomic E-state index is 0.216. The van der Waals surface area contributed by atoms with Gasteiger partial charge in [0.25, 0.3) is 0 Å². The van der Waals surface area contributed by atoms with Crippen molar-refractivity contribution >= 4 is 16.6 Å². The summed E-state index contributed by atoms with van der Waals surface area (Å²) >= 11 is 0. The van der Waals surface area contributed by atoms with Gasteiger partial charge in [-0.05, 0) is 76.8 Å². The Hall–Kier alpha value is -1.89. The van der Waals surface area contributed by atoms with E-state index in [-0.39, 0.29) is 5.41 Å². The minimum atomic E-state index is 0.216. The number of ketones is 1. The fourth-order valence-electron chi connectivity index (χ4n) is 5.63. The van der Waals surface area contributed by atoms with Crippen LogP contribution in [0.25, 0.3) is 10.8 Å². The first kappa shape index (κ1) is 15.4. The predicted molar refractivity (Wildman–Crippen MR) is 103 cm³/mol. The number of fused-ring (bicyclic) bond motifs is 5. The third-order valence-electron chi connectivity index (χ3n) is 7.25. The molecule has 128 valence electrons. The molecule has 1 saturated carbocycles. The number of rotatable bonds is 2.